The molecule has 0 spiro atoms. The first-order chi connectivity index (χ1) is 12.1. The Bertz CT molecular complexity index is 795. The molecule has 1 atom stereocenters. The number of nitrogens with one attached hydrogen (secondary N) is 1. The lowest BCUT2D eigenvalue weighted by molar-refractivity contribution is -0.126. The van der Waals surface area contributed by atoms with Crippen molar-refractivity contribution < 1.29 is 14.0 Å². The van der Waals surface area contributed by atoms with E-state index < -0.39 is 0 Å². The molecule has 1 N–H and O–H groups in total. The van der Waals surface area contributed by atoms with Gasteiger partial charge in [-0.3, -0.25) is 9.59 Å². The molecular weight excluding hydrogens is 320 g/mol. The molecule has 2 amide bonds. The van der Waals surface area contributed by atoms with E-state index in [0.29, 0.717) is 24.2 Å². The molecular formula is C18H20N4O3. The molecule has 2 aromatic rings. The summed E-state index contributed by atoms with van der Waals surface area (Å²) >= 11 is 0. The van der Waals surface area contributed by atoms with Gasteiger partial charge in [-0.2, -0.15) is 0 Å². The summed E-state index contributed by atoms with van der Waals surface area (Å²) in [5.74, 6) is 0.917. The highest BCUT2D eigenvalue weighted by Gasteiger charge is 2.35. The van der Waals surface area contributed by atoms with Crippen LogP contribution >= 0.6 is 0 Å². The van der Waals surface area contributed by atoms with E-state index in [-0.39, 0.29) is 30.7 Å². The zero-order valence-corrected chi connectivity index (χ0v) is 14.1. The molecule has 0 radical (unpaired) electrons. The van der Waals surface area contributed by atoms with Crippen molar-refractivity contribution in [1.29, 1.82) is 0 Å². The molecule has 1 saturated heterocycles. The molecule has 7 nitrogen and oxygen atoms in total. The summed E-state index contributed by atoms with van der Waals surface area (Å²) in [5.41, 5.74) is 1.96. The van der Waals surface area contributed by atoms with E-state index in [4.69, 9.17) is 4.42 Å². The molecule has 1 aromatic carbocycles. The largest absolute Gasteiger partial charge is 0.423 e. The maximum atomic E-state index is 12.4. The van der Waals surface area contributed by atoms with E-state index >= 15 is 0 Å². The number of aromatic nitrogens is 2. The highest BCUT2D eigenvalue weighted by atomic mass is 16.4. The van der Waals surface area contributed by atoms with Crippen LogP contribution in [0, 0.1) is 12.8 Å². The van der Waals surface area contributed by atoms with Gasteiger partial charge in [0.15, 0.2) is 0 Å². The predicted octanol–water partition coefficient (Wildman–Crippen LogP) is 1.92. The van der Waals surface area contributed by atoms with Gasteiger partial charge in [0.2, 0.25) is 23.6 Å². The first-order valence-corrected chi connectivity index (χ1v) is 8.57. The van der Waals surface area contributed by atoms with E-state index in [9.17, 15) is 9.59 Å². The molecule has 130 valence electrons. The van der Waals surface area contributed by atoms with Crippen molar-refractivity contribution in [3.8, 4) is 0 Å². The normalized spacial score (nSPS) is 20.1. The van der Waals surface area contributed by atoms with E-state index in [2.05, 4.69) is 15.5 Å². The fourth-order valence-corrected chi connectivity index (χ4v) is 3.00. The van der Waals surface area contributed by atoms with Gasteiger partial charge in [-0.05, 0) is 31.9 Å². The lowest BCUT2D eigenvalue weighted by Gasteiger charge is -2.16. The minimum absolute atomic E-state index is 0.0298. The average Bonchev–Trinajstić information content (AvgIpc) is 3.22. The Kier molecular flexibility index (Phi) is 3.99. The lowest BCUT2D eigenvalue weighted by Crippen LogP contribution is -2.32. The SMILES string of the molecule is Cc1ccc(N2C[C@H](C(=O)NCc3nnc(C4CC4)o3)CC2=O)cc1. The maximum absolute atomic E-state index is 12.4. The van der Waals surface area contributed by atoms with Gasteiger partial charge in [0, 0.05) is 24.6 Å². The molecule has 2 aliphatic rings. The number of carbonyl (C=O) groups is 2. The van der Waals surface area contributed by atoms with E-state index in [1.54, 1.807) is 4.90 Å². The van der Waals surface area contributed by atoms with Gasteiger partial charge in [0.05, 0.1) is 12.5 Å². The number of rotatable bonds is 5. The number of hydrogen-bond acceptors (Lipinski definition) is 5. The molecule has 1 aliphatic heterocycles. The Hall–Kier alpha value is -2.70. The fraction of sp³-hybridized carbons (Fsp3) is 0.444. The number of anilines is 1. The molecule has 7 heteroatoms. The van der Waals surface area contributed by atoms with E-state index in [0.717, 1.165) is 24.1 Å². The molecule has 0 bridgehead atoms. The Labute approximate surface area is 145 Å². The third-order valence-corrected chi connectivity index (χ3v) is 4.66. The van der Waals surface area contributed by atoms with Gasteiger partial charge in [0.25, 0.3) is 0 Å². The Morgan fingerprint density at radius 3 is 2.76 bits per heavy atom. The minimum Gasteiger partial charge on any atom is -0.423 e. The van der Waals surface area contributed by atoms with Crippen LogP contribution in [0.2, 0.25) is 0 Å². The zero-order chi connectivity index (χ0) is 17.4. The third-order valence-electron chi connectivity index (χ3n) is 4.66. The van der Waals surface area contributed by atoms with Crippen LogP contribution in [0.25, 0.3) is 0 Å². The summed E-state index contributed by atoms with van der Waals surface area (Å²) in [4.78, 5) is 26.3. The first-order valence-electron chi connectivity index (χ1n) is 8.57. The van der Waals surface area contributed by atoms with Crippen molar-refractivity contribution in [3.05, 3.63) is 41.6 Å². The fourth-order valence-electron chi connectivity index (χ4n) is 3.00. The topological polar surface area (TPSA) is 88.3 Å². The number of carbonyl (C=O) groups excluding carboxylic acids is 2. The van der Waals surface area contributed by atoms with Gasteiger partial charge in [0.1, 0.15) is 0 Å². The second-order valence-electron chi connectivity index (χ2n) is 6.77. The van der Waals surface area contributed by atoms with Crippen molar-refractivity contribution in [3.63, 3.8) is 0 Å². The average molecular weight is 340 g/mol. The molecule has 1 aliphatic carbocycles. The van der Waals surface area contributed by atoms with Gasteiger partial charge < -0.3 is 14.6 Å². The van der Waals surface area contributed by atoms with Crippen LogP contribution in [0.4, 0.5) is 5.69 Å². The standard InChI is InChI=1S/C18H20N4O3/c1-11-2-6-14(7-3-11)22-10-13(8-16(22)23)17(24)19-9-15-20-21-18(25-15)12-4-5-12/h2-3,6-7,12-13H,4-5,8-10H2,1H3,(H,19,24)/t13-/m1/s1. The van der Waals surface area contributed by atoms with Crippen molar-refractivity contribution in [2.24, 2.45) is 5.92 Å². The second kappa shape index (κ2) is 6.31. The second-order valence-corrected chi connectivity index (χ2v) is 6.77. The molecule has 1 saturated carbocycles. The Morgan fingerprint density at radius 2 is 2.04 bits per heavy atom. The molecule has 1 aromatic heterocycles. The molecule has 4 rings (SSSR count). The van der Waals surface area contributed by atoms with Gasteiger partial charge in [-0.25, -0.2) is 0 Å². The van der Waals surface area contributed by atoms with Crippen LogP contribution in [0.1, 0.15) is 42.5 Å². The Balaban J connectivity index is 1.34. The summed E-state index contributed by atoms with van der Waals surface area (Å²) in [6, 6.07) is 7.74. The van der Waals surface area contributed by atoms with Crippen molar-refractivity contribution in [2.45, 2.75) is 38.6 Å². The van der Waals surface area contributed by atoms with Gasteiger partial charge in [-0.1, -0.05) is 17.7 Å². The van der Waals surface area contributed by atoms with Crippen LogP contribution in [-0.4, -0.2) is 28.6 Å². The molecule has 25 heavy (non-hydrogen) atoms. The maximum Gasteiger partial charge on any atom is 0.235 e. The smallest absolute Gasteiger partial charge is 0.235 e. The number of nitrogens with zero attached hydrogens (tertiary/aromatic N) is 3. The molecule has 0 unspecified atom stereocenters. The predicted molar refractivity (Wildman–Crippen MR) is 89.8 cm³/mol. The van der Waals surface area contributed by atoms with Crippen LogP contribution in [0.3, 0.4) is 0 Å². The lowest BCUT2D eigenvalue weighted by atomic mass is 10.1. The van der Waals surface area contributed by atoms with E-state index in [1.807, 2.05) is 31.2 Å². The number of aryl methyl sites for hydroxylation is 1. The first kappa shape index (κ1) is 15.8. The summed E-state index contributed by atoms with van der Waals surface area (Å²) in [6.07, 6.45) is 2.40. The van der Waals surface area contributed by atoms with Crippen LogP contribution in [0.15, 0.2) is 28.7 Å². The van der Waals surface area contributed by atoms with Crippen LogP contribution in [-0.2, 0) is 16.1 Å². The Morgan fingerprint density at radius 1 is 1.28 bits per heavy atom. The highest BCUT2D eigenvalue weighted by molar-refractivity contribution is 6.00. The van der Waals surface area contributed by atoms with Crippen molar-refractivity contribution in [1.82, 2.24) is 15.5 Å². The van der Waals surface area contributed by atoms with E-state index in [1.165, 1.54) is 0 Å². The number of amides is 2. The minimum atomic E-state index is -0.361. The van der Waals surface area contributed by atoms with Crippen molar-refractivity contribution in [2.75, 3.05) is 11.4 Å². The van der Waals surface area contributed by atoms with Crippen molar-refractivity contribution >= 4 is 17.5 Å². The van der Waals surface area contributed by atoms with Gasteiger partial charge >= 0.3 is 0 Å². The third kappa shape index (κ3) is 3.40. The molecule has 2 heterocycles. The summed E-state index contributed by atoms with van der Waals surface area (Å²) in [6.45, 7) is 2.59. The highest BCUT2D eigenvalue weighted by Crippen LogP contribution is 2.39. The monoisotopic (exact) mass is 340 g/mol. The van der Waals surface area contributed by atoms with Crippen LogP contribution in [0.5, 0.6) is 0 Å². The molecule has 2 fully saturated rings. The quantitative estimate of drug-likeness (QED) is 0.898. The summed E-state index contributed by atoms with van der Waals surface area (Å²) in [7, 11) is 0. The zero-order valence-electron chi connectivity index (χ0n) is 14.1. The van der Waals surface area contributed by atoms with Crippen LogP contribution < -0.4 is 10.2 Å². The summed E-state index contributed by atoms with van der Waals surface area (Å²) < 4.78 is 5.53. The van der Waals surface area contributed by atoms with Gasteiger partial charge in [-0.15, -0.1) is 10.2 Å². The number of benzene rings is 1. The number of hydrogen-bond donors (Lipinski definition) is 1. The summed E-state index contributed by atoms with van der Waals surface area (Å²) in [5, 5.41) is 10.7.